The van der Waals surface area contributed by atoms with Crippen molar-refractivity contribution in [3.63, 3.8) is 0 Å². The fourth-order valence-electron chi connectivity index (χ4n) is 2.62. The van der Waals surface area contributed by atoms with Gasteiger partial charge in [0.2, 0.25) is 0 Å². The van der Waals surface area contributed by atoms with Crippen LogP contribution >= 0.6 is 0 Å². The third kappa shape index (κ3) is 2.39. The van der Waals surface area contributed by atoms with Crippen LogP contribution in [0.15, 0.2) is 41.0 Å². The molecule has 4 nitrogen and oxygen atoms in total. The lowest BCUT2D eigenvalue weighted by atomic mass is 10.1. The van der Waals surface area contributed by atoms with Crippen LogP contribution in [0.2, 0.25) is 0 Å². The highest BCUT2D eigenvalue weighted by molar-refractivity contribution is 5.96. The summed E-state index contributed by atoms with van der Waals surface area (Å²) in [6, 6.07) is 8.68. The molecule has 2 N–H and O–H groups in total. The Morgan fingerprint density at radius 1 is 1.32 bits per heavy atom. The highest BCUT2D eigenvalue weighted by Crippen LogP contribution is 2.40. The second kappa shape index (κ2) is 5.02. The quantitative estimate of drug-likeness (QED) is 0.771. The van der Waals surface area contributed by atoms with E-state index in [1.807, 2.05) is 6.07 Å². The number of nitrogens with one attached hydrogen (secondary N) is 2. The van der Waals surface area contributed by atoms with Gasteiger partial charge in [-0.25, -0.2) is 4.39 Å². The molecule has 0 spiro atoms. The number of hydrogen-bond donors (Lipinski definition) is 2. The molecule has 0 atom stereocenters. The number of benzene rings is 1. The van der Waals surface area contributed by atoms with Crippen LogP contribution in [0.4, 0.5) is 4.39 Å². The number of halogens is 1. The molecule has 0 radical (unpaired) electrons. The van der Waals surface area contributed by atoms with Crippen molar-refractivity contribution in [2.75, 3.05) is 0 Å². The van der Waals surface area contributed by atoms with Gasteiger partial charge < -0.3 is 14.7 Å². The molecular weight excluding hydrogens is 283 g/mol. The maximum atomic E-state index is 14.0. The van der Waals surface area contributed by atoms with Crippen LogP contribution in [0.5, 0.6) is 0 Å². The van der Waals surface area contributed by atoms with Gasteiger partial charge in [-0.05, 0) is 30.4 Å². The number of furan rings is 1. The molecule has 3 aromatic rings. The normalized spacial score (nSPS) is 14.4. The van der Waals surface area contributed by atoms with Crippen molar-refractivity contribution in [3.05, 3.63) is 59.2 Å². The number of hydrogen-bond acceptors (Lipinski definition) is 2. The first-order valence-corrected chi connectivity index (χ1v) is 7.33. The van der Waals surface area contributed by atoms with Crippen molar-refractivity contribution in [2.45, 2.75) is 25.3 Å². The van der Waals surface area contributed by atoms with Crippen molar-refractivity contribution >= 4 is 17.0 Å². The lowest BCUT2D eigenvalue weighted by molar-refractivity contribution is 0.0946. The molecular formula is C17H15FN2O2. The predicted molar refractivity (Wildman–Crippen MR) is 80.1 cm³/mol. The third-order valence-corrected chi connectivity index (χ3v) is 4.05. The second-order valence-electron chi connectivity index (χ2n) is 5.69. The van der Waals surface area contributed by atoms with Gasteiger partial charge in [-0.3, -0.25) is 4.79 Å². The van der Waals surface area contributed by atoms with E-state index >= 15 is 0 Å². The highest BCUT2D eigenvalue weighted by atomic mass is 19.1. The molecule has 5 heteroatoms. The predicted octanol–water partition coefficient (Wildman–Crippen LogP) is 3.71. The standard InChI is InChI=1S/C17H15FN2O2/c18-13-7-11(10-1-2-10)3-4-12(13)9-19-17(21)15-8-16-14(20-15)5-6-22-16/h3-8,10,20H,1-2,9H2,(H,19,21). The van der Waals surface area contributed by atoms with E-state index < -0.39 is 0 Å². The minimum Gasteiger partial charge on any atom is -0.463 e. The van der Waals surface area contributed by atoms with E-state index in [-0.39, 0.29) is 18.3 Å². The smallest absolute Gasteiger partial charge is 0.268 e. The van der Waals surface area contributed by atoms with Crippen LogP contribution in [0, 0.1) is 5.82 Å². The first kappa shape index (κ1) is 13.1. The van der Waals surface area contributed by atoms with Gasteiger partial charge in [-0.15, -0.1) is 0 Å². The Balaban J connectivity index is 1.45. The van der Waals surface area contributed by atoms with Gasteiger partial charge in [-0.2, -0.15) is 0 Å². The molecule has 1 fully saturated rings. The number of amides is 1. The Morgan fingerprint density at radius 3 is 2.91 bits per heavy atom. The minimum atomic E-state index is -0.280. The largest absolute Gasteiger partial charge is 0.463 e. The zero-order chi connectivity index (χ0) is 15.1. The van der Waals surface area contributed by atoms with Crippen LogP contribution in [0.25, 0.3) is 11.1 Å². The van der Waals surface area contributed by atoms with Crippen LogP contribution in [0.3, 0.4) is 0 Å². The van der Waals surface area contributed by atoms with E-state index in [2.05, 4.69) is 10.3 Å². The highest BCUT2D eigenvalue weighted by Gasteiger charge is 2.24. The summed E-state index contributed by atoms with van der Waals surface area (Å²) in [6.45, 7) is 0.163. The second-order valence-corrected chi connectivity index (χ2v) is 5.69. The summed E-state index contributed by atoms with van der Waals surface area (Å²) in [5.41, 5.74) is 3.35. The molecule has 1 saturated carbocycles. The van der Waals surface area contributed by atoms with Gasteiger partial charge in [0, 0.05) is 24.2 Å². The number of carbonyl (C=O) groups excluding carboxylic acids is 1. The number of aromatic nitrogens is 1. The van der Waals surface area contributed by atoms with E-state index in [1.165, 1.54) is 0 Å². The molecule has 1 aliphatic rings. The lowest BCUT2D eigenvalue weighted by Gasteiger charge is -2.07. The first-order chi connectivity index (χ1) is 10.7. The molecule has 22 heavy (non-hydrogen) atoms. The molecule has 4 rings (SSSR count). The Labute approximate surface area is 126 Å². The van der Waals surface area contributed by atoms with Crippen molar-refractivity contribution in [3.8, 4) is 0 Å². The summed E-state index contributed by atoms with van der Waals surface area (Å²) in [4.78, 5) is 15.0. The number of rotatable bonds is 4. The molecule has 0 unspecified atom stereocenters. The summed E-state index contributed by atoms with van der Waals surface area (Å²) >= 11 is 0. The van der Waals surface area contributed by atoms with E-state index in [1.54, 1.807) is 30.5 Å². The molecule has 2 aromatic heterocycles. The molecule has 1 aliphatic carbocycles. The monoisotopic (exact) mass is 298 g/mol. The van der Waals surface area contributed by atoms with Crippen LogP contribution in [-0.2, 0) is 6.54 Å². The van der Waals surface area contributed by atoms with Gasteiger partial charge in [0.15, 0.2) is 5.58 Å². The fourth-order valence-corrected chi connectivity index (χ4v) is 2.62. The molecule has 1 amide bonds. The van der Waals surface area contributed by atoms with E-state index in [4.69, 9.17) is 4.42 Å². The van der Waals surface area contributed by atoms with Crippen LogP contribution in [0.1, 0.15) is 40.4 Å². The van der Waals surface area contributed by atoms with Gasteiger partial charge in [0.1, 0.15) is 11.5 Å². The molecule has 112 valence electrons. The van der Waals surface area contributed by atoms with Crippen molar-refractivity contribution in [1.82, 2.24) is 10.3 Å². The van der Waals surface area contributed by atoms with E-state index in [9.17, 15) is 9.18 Å². The molecule has 1 aromatic carbocycles. The number of carbonyl (C=O) groups is 1. The lowest BCUT2D eigenvalue weighted by Crippen LogP contribution is -2.23. The maximum Gasteiger partial charge on any atom is 0.268 e. The molecule has 0 bridgehead atoms. The maximum absolute atomic E-state index is 14.0. The summed E-state index contributed by atoms with van der Waals surface area (Å²) in [7, 11) is 0. The third-order valence-electron chi connectivity index (χ3n) is 4.05. The average Bonchev–Trinajstić information content (AvgIpc) is 3.13. The zero-order valence-electron chi connectivity index (χ0n) is 11.9. The Hall–Kier alpha value is -2.56. The van der Waals surface area contributed by atoms with Crippen molar-refractivity contribution in [2.24, 2.45) is 0 Å². The number of aromatic amines is 1. The topological polar surface area (TPSA) is 58.0 Å². The average molecular weight is 298 g/mol. The molecule has 2 heterocycles. The zero-order valence-corrected chi connectivity index (χ0v) is 11.9. The van der Waals surface area contributed by atoms with Crippen LogP contribution < -0.4 is 5.32 Å². The summed E-state index contributed by atoms with van der Waals surface area (Å²) < 4.78 is 19.2. The SMILES string of the molecule is O=C(NCc1ccc(C2CC2)cc1F)c1cc2occc2[nH]1. The fraction of sp³-hybridized carbons (Fsp3) is 0.235. The van der Waals surface area contributed by atoms with Gasteiger partial charge in [0.25, 0.3) is 5.91 Å². The summed E-state index contributed by atoms with van der Waals surface area (Å²) in [5.74, 6) is -0.0190. The van der Waals surface area contributed by atoms with Crippen LogP contribution in [-0.4, -0.2) is 10.9 Å². The Bertz CT molecular complexity index is 817. The first-order valence-electron chi connectivity index (χ1n) is 7.33. The summed E-state index contributed by atoms with van der Waals surface area (Å²) in [6.07, 6.45) is 3.84. The number of fused-ring (bicyclic) bond motifs is 1. The summed E-state index contributed by atoms with van der Waals surface area (Å²) in [5, 5.41) is 2.72. The number of H-pyrrole nitrogens is 1. The van der Waals surface area contributed by atoms with Gasteiger partial charge in [0.05, 0.1) is 11.8 Å². The van der Waals surface area contributed by atoms with Gasteiger partial charge in [-0.1, -0.05) is 12.1 Å². The Kier molecular flexibility index (Phi) is 2.99. The van der Waals surface area contributed by atoms with E-state index in [0.29, 0.717) is 22.8 Å². The van der Waals surface area contributed by atoms with Gasteiger partial charge >= 0.3 is 0 Å². The van der Waals surface area contributed by atoms with E-state index in [0.717, 1.165) is 23.9 Å². The van der Waals surface area contributed by atoms with Crippen molar-refractivity contribution < 1.29 is 13.6 Å². The van der Waals surface area contributed by atoms with Crippen molar-refractivity contribution in [1.29, 1.82) is 0 Å². The molecule has 0 aliphatic heterocycles. The molecule has 0 saturated heterocycles. The minimum absolute atomic E-state index is 0.163. The Morgan fingerprint density at radius 2 is 2.18 bits per heavy atom.